The Balaban J connectivity index is 2.02. The summed E-state index contributed by atoms with van der Waals surface area (Å²) in [5, 5.41) is 9.78. The van der Waals surface area contributed by atoms with Crippen LogP contribution in [0.2, 0.25) is 0 Å². The summed E-state index contributed by atoms with van der Waals surface area (Å²) in [6, 6.07) is 0. The SMILES string of the molecule is CC(C)SC1(C(=O)O)CC2(CCOCC2)C1. The van der Waals surface area contributed by atoms with Crippen LogP contribution in [0, 0.1) is 5.41 Å². The van der Waals surface area contributed by atoms with Gasteiger partial charge in [0.05, 0.1) is 0 Å². The van der Waals surface area contributed by atoms with Crippen molar-refractivity contribution < 1.29 is 14.6 Å². The van der Waals surface area contributed by atoms with Crippen molar-refractivity contribution in [2.45, 2.75) is 49.5 Å². The van der Waals surface area contributed by atoms with Crippen molar-refractivity contribution in [3.05, 3.63) is 0 Å². The normalized spacial score (nSPS) is 26.7. The molecular weight excluding hydrogens is 224 g/mol. The van der Waals surface area contributed by atoms with Crippen molar-refractivity contribution in [3.8, 4) is 0 Å². The van der Waals surface area contributed by atoms with E-state index in [-0.39, 0.29) is 5.41 Å². The second-order valence-corrected chi connectivity index (χ2v) is 7.39. The maximum Gasteiger partial charge on any atom is 0.319 e. The number of carboxylic acid groups (broad SMARTS) is 1. The largest absolute Gasteiger partial charge is 0.480 e. The molecule has 0 amide bonds. The average Bonchev–Trinajstić information content (AvgIpc) is 2.15. The van der Waals surface area contributed by atoms with Crippen LogP contribution in [0.25, 0.3) is 0 Å². The lowest BCUT2D eigenvalue weighted by atomic mass is 9.57. The van der Waals surface area contributed by atoms with Crippen LogP contribution >= 0.6 is 11.8 Å². The molecule has 0 radical (unpaired) electrons. The highest BCUT2D eigenvalue weighted by Crippen LogP contribution is 2.60. The first-order valence-corrected chi connectivity index (χ1v) is 6.85. The average molecular weight is 244 g/mol. The predicted octanol–water partition coefficient (Wildman–Crippen LogP) is 2.54. The Labute approximate surface area is 101 Å². The molecule has 0 atom stereocenters. The number of carbonyl (C=O) groups is 1. The van der Waals surface area contributed by atoms with Gasteiger partial charge in [0.2, 0.25) is 0 Å². The molecule has 2 aliphatic rings. The van der Waals surface area contributed by atoms with Gasteiger partial charge >= 0.3 is 5.97 Å². The van der Waals surface area contributed by atoms with Crippen molar-refractivity contribution in [1.82, 2.24) is 0 Å². The molecule has 1 N–H and O–H groups in total. The third kappa shape index (κ3) is 2.09. The molecule has 16 heavy (non-hydrogen) atoms. The highest BCUT2D eigenvalue weighted by atomic mass is 32.2. The molecule has 0 aromatic heterocycles. The van der Waals surface area contributed by atoms with E-state index in [1.165, 1.54) is 0 Å². The summed E-state index contributed by atoms with van der Waals surface area (Å²) in [7, 11) is 0. The van der Waals surface area contributed by atoms with Crippen molar-refractivity contribution in [3.63, 3.8) is 0 Å². The summed E-state index contributed by atoms with van der Waals surface area (Å²) < 4.78 is 4.85. The van der Waals surface area contributed by atoms with Gasteiger partial charge in [0, 0.05) is 18.5 Å². The molecular formula is C12H20O3S. The minimum absolute atomic E-state index is 0.276. The molecule has 0 bridgehead atoms. The molecule has 0 unspecified atom stereocenters. The highest BCUT2D eigenvalue weighted by Gasteiger charge is 2.59. The number of ether oxygens (including phenoxy) is 1. The fourth-order valence-electron chi connectivity index (χ4n) is 3.05. The zero-order valence-electron chi connectivity index (χ0n) is 9.99. The number of aliphatic carboxylic acids is 1. The summed E-state index contributed by atoms with van der Waals surface area (Å²) in [6.07, 6.45) is 3.75. The van der Waals surface area contributed by atoms with Crippen LogP contribution < -0.4 is 0 Å². The number of thioether (sulfide) groups is 1. The van der Waals surface area contributed by atoms with E-state index in [0.29, 0.717) is 5.25 Å². The van der Waals surface area contributed by atoms with Crippen LogP contribution in [-0.2, 0) is 9.53 Å². The van der Waals surface area contributed by atoms with Crippen molar-refractivity contribution in [1.29, 1.82) is 0 Å². The van der Waals surface area contributed by atoms with Crippen molar-refractivity contribution in [2.24, 2.45) is 5.41 Å². The molecule has 1 saturated heterocycles. The van der Waals surface area contributed by atoms with Gasteiger partial charge in [-0.15, -0.1) is 11.8 Å². The molecule has 1 saturated carbocycles. The van der Waals surface area contributed by atoms with Gasteiger partial charge < -0.3 is 9.84 Å². The summed E-state index contributed by atoms with van der Waals surface area (Å²) >= 11 is 1.62. The summed E-state index contributed by atoms with van der Waals surface area (Å²) in [4.78, 5) is 11.4. The van der Waals surface area contributed by atoms with Gasteiger partial charge in [0.25, 0.3) is 0 Å². The third-order valence-corrected chi connectivity index (χ3v) is 5.11. The molecule has 1 spiro atoms. The van der Waals surface area contributed by atoms with Gasteiger partial charge in [-0.3, -0.25) is 4.79 Å². The zero-order valence-corrected chi connectivity index (χ0v) is 10.8. The Morgan fingerprint density at radius 2 is 1.88 bits per heavy atom. The zero-order chi connectivity index (χ0) is 11.8. The lowest BCUT2D eigenvalue weighted by molar-refractivity contribution is -0.150. The first-order valence-electron chi connectivity index (χ1n) is 5.97. The molecule has 92 valence electrons. The van der Waals surface area contributed by atoms with Crippen LogP contribution in [0.1, 0.15) is 39.5 Å². The number of carboxylic acids is 1. The van der Waals surface area contributed by atoms with Gasteiger partial charge in [-0.05, 0) is 31.1 Å². The van der Waals surface area contributed by atoms with Crippen LogP contribution in [0.15, 0.2) is 0 Å². The summed E-state index contributed by atoms with van der Waals surface area (Å²) in [5.74, 6) is -0.622. The predicted molar refractivity (Wildman–Crippen MR) is 64.8 cm³/mol. The standard InChI is InChI=1S/C12H20O3S/c1-9(2)16-12(10(13)14)7-11(8-12)3-5-15-6-4-11/h9H,3-8H2,1-2H3,(H,13,14). The second-order valence-electron chi connectivity index (χ2n) is 5.43. The topological polar surface area (TPSA) is 46.5 Å². The number of hydrogen-bond donors (Lipinski definition) is 1. The summed E-state index contributed by atoms with van der Waals surface area (Å²) in [5.41, 5.74) is 0.276. The van der Waals surface area contributed by atoms with Gasteiger partial charge in [-0.25, -0.2) is 0 Å². The molecule has 1 aliphatic carbocycles. The second kappa shape index (κ2) is 4.22. The quantitative estimate of drug-likeness (QED) is 0.828. The van der Waals surface area contributed by atoms with Crippen molar-refractivity contribution >= 4 is 17.7 Å². The third-order valence-electron chi connectivity index (χ3n) is 3.73. The molecule has 1 heterocycles. The Kier molecular flexibility index (Phi) is 3.23. The van der Waals surface area contributed by atoms with Gasteiger partial charge in [-0.1, -0.05) is 13.8 Å². The van der Waals surface area contributed by atoms with Crippen LogP contribution in [-0.4, -0.2) is 34.3 Å². The molecule has 2 rings (SSSR count). The van der Waals surface area contributed by atoms with E-state index in [2.05, 4.69) is 13.8 Å². The Hall–Kier alpha value is -0.220. The van der Waals surface area contributed by atoms with Crippen LogP contribution in [0.4, 0.5) is 0 Å². The minimum Gasteiger partial charge on any atom is -0.480 e. The fourth-order valence-corrected chi connectivity index (χ4v) is 4.84. The molecule has 1 aliphatic heterocycles. The lowest BCUT2D eigenvalue weighted by Crippen LogP contribution is -2.57. The molecule has 4 heteroatoms. The molecule has 3 nitrogen and oxygen atoms in total. The number of hydrogen-bond acceptors (Lipinski definition) is 3. The van der Waals surface area contributed by atoms with E-state index < -0.39 is 10.7 Å². The molecule has 2 fully saturated rings. The first-order chi connectivity index (χ1) is 7.48. The molecule has 0 aromatic carbocycles. The smallest absolute Gasteiger partial charge is 0.319 e. The first kappa shape index (κ1) is 12.2. The Morgan fingerprint density at radius 1 is 1.31 bits per heavy atom. The Bertz CT molecular complexity index is 274. The highest BCUT2D eigenvalue weighted by molar-refractivity contribution is 8.02. The maximum absolute atomic E-state index is 11.4. The van der Waals surface area contributed by atoms with Gasteiger partial charge in [0.1, 0.15) is 4.75 Å². The van der Waals surface area contributed by atoms with E-state index in [1.807, 2.05) is 0 Å². The molecule has 0 aromatic rings. The minimum atomic E-state index is -0.622. The van der Waals surface area contributed by atoms with E-state index in [1.54, 1.807) is 11.8 Å². The lowest BCUT2D eigenvalue weighted by Gasteiger charge is -2.55. The number of rotatable bonds is 3. The monoisotopic (exact) mass is 244 g/mol. The summed E-state index contributed by atoms with van der Waals surface area (Å²) in [6.45, 7) is 5.76. The fraction of sp³-hybridized carbons (Fsp3) is 0.917. The van der Waals surface area contributed by atoms with Crippen LogP contribution in [0.3, 0.4) is 0 Å². The van der Waals surface area contributed by atoms with Gasteiger partial charge in [-0.2, -0.15) is 0 Å². The van der Waals surface area contributed by atoms with E-state index in [0.717, 1.165) is 38.9 Å². The van der Waals surface area contributed by atoms with Gasteiger partial charge in [0.15, 0.2) is 0 Å². The van der Waals surface area contributed by atoms with E-state index in [4.69, 9.17) is 4.74 Å². The van der Waals surface area contributed by atoms with Crippen molar-refractivity contribution in [2.75, 3.05) is 13.2 Å². The maximum atomic E-state index is 11.4. The van der Waals surface area contributed by atoms with Crippen LogP contribution in [0.5, 0.6) is 0 Å². The van der Waals surface area contributed by atoms with E-state index >= 15 is 0 Å². The Morgan fingerprint density at radius 3 is 2.31 bits per heavy atom. The van der Waals surface area contributed by atoms with E-state index in [9.17, 15) is 9.90 Å².